The summed E-state index contributed by atoms with van der Waals surface area (Å²) in [5.41, 5.74) is 0.869. The van der Waals surface area contributed by atoms with Gasteiger partial charge in [0.25, 0.3) is 0 Å². The highest BCUT2D eigenvalue weighted by molar-refractivity contribution is 7.18. The molecule has 1 aliphatic rings. The van der Waals surface area contributed by atoms with Crippen molar-refractivity contribution in [3.63, 3.8) is 0 Å². The summed E-state index contributed by atoms with van der Waals surface area (Å²) in [6.45, 7) is 3.85. The molecule has 2 N–H and O–H groups in total. The van der Waals surface area contributed by atoms with Gasteiger partial charge in [0.2, 0.25) is 16.9 Å². The molecule has 0 unspecified atom stereocenters. The fourth-order valence-electron chi connectivity index (χ4n) is 3.50. The molecule has 8 heteroatoms. The van der Waals surface area contributed by atoms with Crippen LogP contribution in [-0.4, -0.2) is 35.2 Å². The van der Waals surface area contributed by atoms with Gasteiger partial charge in [-0.05, 0) is 30.9 Å². The van der Waals surface area contributed by atoms with Crippen LogP contribution in [-0.2, 0) is 9.59 Å². The van der Waals surface area contributed by atoms with Gasteiger partial charge in [-0.1, -0.05) is 56.6 Å². The monoisotopic (exact) mass is 416 g/mol. The Bertz CT molecular complexity index is 846. The molecule has 2 amide bonds. The highest BCUT2D eigenvalue weighted by Gasteiger charge is 2.29. The first kappa shape index (κ1) is 21.2. The van der Waals surface area contributed by atoms with E-state index in [9.17, 15) is 9.59 Å². The Morgan fingerprint density at radius 3 is 2.62 bits per heavy atom. The summed E-state index contributed by atoms with van der Waals surface area (Å²) >= 11 is 1.29. The van der Waals surface area contributed by atoms with E-state index < -0.39 is 6.04 Å². The van der Waals surface area contributed by atoms with Crippen molar-refractivity contribution in [2.75, 3.05) is 12.4 Å². The maximum Gasteiger partial charge on any atom is 0.249 e. The van der Waals surface area contributed by atoms with Gasteiger partial charge in [-0.3, -0.25) is 14.9 Å². The molecule has 156 valence electrons. The number of nitrogens with zero attached hydrogens (tertiary/aromatic N) is 2. The summed E-state index contributed by atoms with van der Waals surface area (Å²) in [6.07, 6.45) is 5.14. The second kappa shape index (κ2) is 9.82. The number of ether oxygens (including phenoxy) is 1. The smallest absolute Gasteiger partial charge is 0.249 e. The van der Waals surface area contributed by atoms with Crippen LogP contribution < -0.4 is 15.4 Å². The van der Waals surface area contributed by atoms with Gasteiger partial charge in [-0.2, -0.15) is 0 Å². The van der Waals surface area contributed by atoms with Gasteiger partial charge >= 0.3 is 0 Å². The molecule has 29 heavy (non-hydrogen) atoms. The molecule has 1 heterocycles. The molecule has 1 aromatic carbocycles. The normalized spacial score (nSPS) is 15.7. The molecule has 0 spiro atoms. The molecule has 0 saturated heterocycles. The zero-order chi connectivity index (χ0) is 20.8. The van der Waals surface area contributed by atoms with Gasteiger partial charge in [0, 0.05) is 11.5 Å². The van der Waals surface area contributed by atoms with Gasteiger partial charge in [0.15, 0.2) is 0 Å². The average molecular weight is 417 g/mol. The summed E-state index contributed by atoms with van der Waals surface area (Å²) in [6, 6.07) is 6.91. The van der Waals surface area contributed by atoms with Crippen LogP contribution in [0.5, 0.6) is 5.75 Å². The first-order valence-electron chi connectivity index (χ1n) is 10.1. The van der Waals surface area contributed by atoms with Crippen molar-refractivity contribution in [3.05, 3.63) is 24.3 Å². The fourth-order valence-corrected chi connectivity index (χ4v) is 4.24. The van der Waals surface area contributed by atoms with Gasteiger partial charge < -0.3 is 10.1 Å². The standard InChI is InChI=1S/C21H28N4O3S/c1-13(2)17(22-18(26)14-8-5-4-6-9-14)19(27)23-21-25-24-20(29-21)15-10-7-11-16(12-15)28-3/h7,10-14,17H,4-6,8-9H2,1-3H3,(H,22,26)(H,23,25,27)/t17-/m1/s1. The van der Waals surface area contributed by atoms with E-state index in [2.05, 4.69) is 20.8 Å². The Hall–Kier alpha value is -2.48. The number of amides is 2. The van der Waals surface area contributed by atoms with E-state index in [0.717, 1.165) is 37.0 Å². The maximum atomic E-state index is 12.8. The molecule has 1 atom stereocenters. The third-order valence-corrected chi connectivity index (χ3v) is 6.08. The van der Waals surface area contributed by atoms with Crippen LogP contribution in [0, 0.1) is 11.8 Å². The average Bonchev–Trinajstić information content (AvgIpc) is 3.20. The van der Waals surface area contributed by atoms with Crippen LogP contribution in [0.15, 0.2) is 24.3 Å². The largest absolute Gasteiger partial charge is 0.497 e. The fraction of sp³-hybridized carbons (Fsp3) is 0.524. The number of hydrogen-bond donors (Lipinski definition) is 2. The highest BCUT2D eigenvalue weighted by Crippen LogP contribution is 2.29. The molecule has 0 aliphatic heterocycles. The Balaban J connectivity index is 1.65. The molecule has 3 rings (SSSR count). The van der Waals surface area contributed by atoms with Crippen molar-refractivity contribution < 1.29 is 14.3 Å². The number of aromatic nitrogens is 2. The Morgan fingerprint density at radius 1 is 1.17 bits per heavy atom. The molecule has 0 bridgehead atoms. The topological polar surface area (TPSA) is 93.2 Å². The molecule has 1 saturated carbocycles. The summed E-state index contributed by atoms with van der Waals surface area (Å²) in [7, 11) is 1.61. The van der Waals surface area contributed by atoms with Crippen molar-refractivity contribution in [2.45, 2.75) is 52.0 Å². The number of carbonyl (C=O) groups excluding carboxylic acids is 2. The van der Waals surface area contributed by atoms with E-state index in [1.807, 2.05) is 38.1 Å². The quantitative estimate of drug-likeness (QED) is 0.715. The third-order valence-electron chi connectivity index (χ3n) is 5.19. The minimum Gasteiger partial charge on any atom is -0.497 e. The molecule has 1 aromatic heterocycles. The maximum absolute atomic E-state index is 12.8. The predicted molar refractivity (Wildman–Crippen MR) is 114 cm³/mol. The lowest BCUT2D eigenvalue weighted by molar-refractivity contribution is -0.130. The van der Waals surface area contributed by atoms with Crippen LogP contribution in [0.25, 0.3) is 10.6 Å². The number of anilines is 1. The van der Waals surface area contributed by atoms with E-state index in [0.29, 0.717) is 10.1 Å². The van der Waals surface area contributed by atoms with Crippen molar-refractivity contribution in [1.82, 2.24) is 15.5 Å². The first-order valence-corrected chi connectivity index (χ1v) is 10.9. The van der Waals surface area contributed by atoms with Crippen molar-refractivity contribution >= 4 is 28.3 Å². The Kier molecular flexibility index (Phi) is 7.19. The predicted octanol–water partition coefficient (Wildman–Crippen LogP) is 3.87. The molecule has 2 aromatic rings. The van der Waals surface area contributed by atoms with Crippen LogP contribution in [0.1, 0.15) is 46.0 Å². The minimum absolute atomic E-state index is 0.0130. The van der Waals surface area contributed by atoms with E-state index in [1.165, 1.54) is 17.8 Å². The van der Waals surface area contributed by atoms with Crippen molar-refractivity contribution in [2.24, 2.45) is 11.8 Å². The zero-order valence-electron chi connectivity index (χ0n) is 17.1. The van der Waals surface area contributed by atoms with Crippen LogP contribution in [0.4, 0.5) is 5.13 Å². The van der Waals surface area contributed by atoms with Crippen molar-refractivity contribution in [1.29, 1.82) is 0 Å². The molecule has 7 nitrogen and oxygen atoms in total. The van der Waals surface area contributed by atoms with Gasteiger partial charge in [0.1, 0.15) is 16.8 Å². The molecule has 0 radical (unpaired) electrons. The lowest BCUT2D eigenvalue weighted by atomic mass is 9.88. The number of carbonyl (C=O) groups is 2. The second-order valence-corrected chi connectivity index (χ2v) is 8.68. The third kappa shape index (κ3) is 5.53. The number of benzene rings is 1. The lowest BCUT2D eigenvalue weighted by Crippen LogP contribution is -2.49. The zero-order valence-corrected chi connectivity index (χ0v) is 17.9. The highest BCUT2D eigenvalue weighted by atomic mass is 32.1. The molecule has 1 aliphatic carbocycles. The van der Waals surface area contributed by atoms with Gasteiger partial charge in [-0.15, -0.1) is 10.2 Å². The first-order chi connectivity index (χ1) is 14.0. The van der Waals surface area contributed by atoms with Gasteiger partial charge in [-0.25, -0.2) is 0 Å². The second-order valence-electron chi connectivity index (χ2n) is 7.70. The number of methoxy groups -OCH3 is 1. The number of hydrogen-bond acceptors (Lipinski definition) is 6. The summed E-state index contributed by atoms with van der Waals surface area (Å²) in [5, 5.41) is 15.1. The minimum atomic E-state index is -0.603. The summed E-state index contributed by atoms with van der Waals surface area (Å²) in [4.78, 5) is 25.4. The summed E-state index contributed by atoms with van der Waals surface area (Å²) in [5.74, 6) is 0.422. The number of nitrogens with one attached hydrogen (secondary N) is 2. The Morgan fingerprint density at radius 2 is 1.93 bits per heavy atom. The molecular weight excluding hydrogens is 388 g/mol. The number of rotatable bonds is 7. The van der Waals surface area contributed by atoms with Gasteiger partial charge in [0.05, 0.1) is 7.11 Å². The van der Waals surface area contributed by atoms with Crippen LogP contribution in [0.2, 0.25) is 0 Å². The molecule has 1 fully saturated rings. The Labute approximate surface area is 175 Å². The van der Waals surface area contributed by atoms with Crippen molar-refractivity contribution in [3.8, 4) is 16.3 Å². The van der Waals surface area contributed by atoms with E-state index in [4.69, 9.17) is 4.74 Å². The van der Waals surface area contributed by atoms with E-state index in [-0.39, 0.29) is 23.7 Å². The SMILES string of the molecule is COc1cccc(-c2nnc(NC(=O)[C@H](NC(=O)C3CCCCC3)C(C)C)s2)c1. The lowest BCUT2D eigenvalue weighted by Gasteiger charge is -2.26. The van der Waals surface area contributed by atoms with Crippen LogP contribution >= 0.6 is 11.3 Å². The summed E-state index contributed by atoms with van der Waals surface area (Å²) < 4.78 is 5.24. The molecular formula is C21H28N4O3S. The van der Waals surface area contributed by atoms with Crippen LogP contribution in [0.3, 0.4) is 0 Å². The van der Waals surface area contributed by atoms with E-state index in [1.54, 1.807) is 7.11 Å². The van der Waals surface area contributed by atoms with E-state index >= 15 is 0 Å².